The third-order valence-electron chi connectivity index (χ3n) is 1.14. The van der Waals surface area contributed by atoms with Crippen LogP contribution in [0, 0.1) is 0 Å². The van der Waals surface area contributed by atoms with Crippen LogP contribution in [0.15, 0.2) is 0 Å². The zero-order valence-electron chi connectivity index (χ0n) is 7.30. The fraction of sp³-hybridized carbons (Fsp3) is 1.00. The van der Waals surface area contributed by atoms with Gasteiger partial charge in [0.1, 0.15) is 0 Å². The lowest BCUT2D eigenvalue weighted by Gasteiger charge is -2.19. The average molecular weight is 210 g/mol. The minimum absolute atomic E-state index is 0.796. The Bertz CT molecular complexity index is 90.6. The molecule has 0 heterocycles. The lowest BCUT2D eigenvalue weighted by Crippen LogP contribution is -2.21. The summed E-state index contributed by atoms with van der Waals surface area (Å²) in [5.41, 5.74) is 10.9. The van der Waals surface area contributed by atoms with Gasteiger partial charge in [0.2, 0.25) is 0 Å². The monoisotopic (exact) mass is 210 g/mol. The molecule has 0 amide bonds. The van der Waals surface area contributed by atoms with Gasteiger partial charge in [-0.25, -0.2) is 0 Å². The smallest absolute Gasteiger partial charge is 0.170 e. The van der Waals surface area contributed by atoms with Crippen LogP contribution in [0.1, 0.15) is 0 Å². The lowest BCUT2D eigenvalue weighted by molar-refractivity contribution is 1.15. The van der Waals surface area contributed by atoms with Crippen molar-refractivity contribution in [3.8, 4) is 0 Å². The van der Waals surface area contributed by atoms with Gasteiger partial charge in [-0.15, -0.1) is 0 Å². The molecule has 0 radical (unpaired) electrons. The molecule has 2 nitrogen and oxygen atoms in total. The highest BCUT2D eigenvalue weighted by molar-refractivity contribution is 8.58. The zero-order valence-corrected chi connectivity index (χ0v) is 9.93. The molecule has 0 aromatic rings. The lowest BCUT2D eigenvalue weighted by atomic mass is 10.8. The van der Waals surface area contributed by atoms with Crippen molar-refractivity contribution in [2.75, 3.05) is 24.6 Å². The fourth-order valence-corrected chi connectivity index (χ4v) is 8.11. The summed E-state index contributed by atoms with van der Waals surface area (Å²) in [5, 5.41) is 0. The Balaban J connectivity index is 3.43. The van der Waals surface area contributed by atoms with E-state index >= 15 is 0 Å². The van der Waals surface area contributed by atoms with Gasteiger partial charge in [-0.1, -0.05) is 13.1 Å². The molecule has 0 bridgehead atoms. The largest absolute Gasteiger partial charge is 0.330 e. The van der Waals surface area contributed by atoms with E-state index in [4.69, 9.17) is 11.5 Å². The van der Waals surface area contributed by atoms with Crippen molar-refractivity contribution >= 4 is 28.8 Å². The van der Waals surface area contributed by atoms with Gasteiger partial charge < -0.3 is 11.5 Å². The normalized spacial score (nSPS) is 12.0. The molecule has 0 atom stereocenters. The first-order valence-electron chi connectivity index (χ1n) is 3.80. The highest BCUT2D eigenvalue weighted by Crippen LogP contribution is 2.30. The van der Waals surface area contributed by atoms with Crippen molar-refractivity contribution in [1.29, 1.82) is 0 Å². The van der Waals surface area contributed by atoms with Crippen LogP contribution in [0.2, 0.25) is 13.1 Å². The van der Waals surface area contributed by atoms with Crippen LogP contribution in [-0.4, -0.2) is 31.0 Å². The second-order valence-electron chi connectivity index (χ2n) is 2.67. The molecule has 0 spiro atoms. The molecular formula is C6H18N2S2Si. The number of hydrogen-bond donors (Lipinski definition) is 2. The molecule has 0 rings (SSSR count). The van der Waals surface area contributed by atoms with Gasteiger partial charge in [-0.3, -0.25) is 0 Å². The predicted molar refractivity (Wildman–Crippen MR) is 60.5 cm³/mol. The Labute approximate surface area is 78.2 Å². The molecule has 0 aliphatic carbocycles. The van der Waals surface area contributed by atoms with Crippen LogP contribution in [0.4, 0.5) is 0 Å². The van der Waals surface area contributed by atoms with Crippen LogP contribution in [0.5, 0.6) is 0 Å². The third-order valence-corrected chi connectivity index (χ3v) is 10.9. The van der Waals surface area contributed by atoms with E-state index in [9.17, 15) is 0 Å². The Morgan fingerprint density at radius 1 is 1.00 bits per heavy atom. The van der Waals surface area contributed by atoms with E-state index in [0.29, 0.717) is 0 Å². The molecule has 0 aliphatic rings. The van der Waals surface area contributed by atoms with E-state index in [1.165, 1.54) is 0 Å². The molecule has 0 aromatic carbocycles. The van der Waals surface area contributed by atoms with Gasteiger partial charge in [0.15, 0.2) is 6.37 Å². The first-order valence-corrected chi connectivity index (χ1v) is 10.2. The highest BCUT2D eigenvalue weighted by atomic mass is 32.6. The summed E-state index contributed by atoms with van der Waals surface area (Å²) in [4.78, 5) is 0. The van der Waals surface area contributed by atoms with Gasteiger partial charge in [0, 0.05) is 24.6 Å². The van der Waals surface area contributed by atoms with E-state index in [0.717, 1.165) is 24.6 Å². The molecule has 5 heteroatoms. The van der Waals surface area contributed by atoms with E-state index in [-0.39, 0.29) is 0 Å². The van der Waals surface area contributed by atoms with E-state index in [1.807, 2.05) is 22.4 Å². The highest BCUT2D eigenvalue weighted by Gasteiger charge is 2.20. The SMILES string of the molecule is C[Si](C)(SCCN)SCCN. The molecule has 0 aliphatic heterocycles. The molecule has 4 N–H and O–H groups in total. The Kier molecular flexibility index (Phi) is 6.85. The zero-order chi connectivity index (χ0) is 8.74. The van der Waals surface area contributed by atoms with Gasteiger partial charge in [0.25, 0.3) is 0 Å². The van der Waals surface area contributed by atoms with Crippen molar-refractivity contribution in [2.45, 2.75) is 13.1 Å². The fourth-order valence-electron chi connectivity index (χ4n) is 0.651. The summed E-state index contributed by atoms with van der Waals surface area (Å²) in [6.07, 6.45) is -1.07. The van der Waals surface area contributed by atoms with E-state index < -0.39 is 6.37 Å². The predicted octanol–water partition coefficient (Wildman–Crippen LogP) is 1.07. The molecule has 0 saturated heterocycles. The molecule has 0 fully saturated rings. The summed E-state index contributed by atoms with van der Waals surface area (Å²) >= 11 is 4.08. The van der Waals surface area contributed by atoms with E-state index in [2.05, 4.69) is 13.1 Å². The maximum Gasteiger partial charge on any atom is 0.170 e. The second kappa shape index (κ2) is 6.36. The van der Waals surface area contributed by atoms with Crippen molar-refractivity contribution in [3.05, 3.63) is 0 Å². The van der Waals surface area contributed by atoms with Crippen molar-refractivity contribution in [1.82, 2.24) is 0 Å². The molecule has 0 aromatic heterocycles. The van der Waals surface area contributed by atoms with Crippen LogP contribution < -0.4 is 11.5 Å². The van der Waals surface area contributed by atoms with Crippen LogP contribution in [-0.2, 0) is 0 Å². The summed E-state index contributed by atoms with van der Waals surface area (Å²) in [6.45, 7) is 6.30. The number of nitrogens with two attached hydrogens (primary N) is 2. The maximum atomic E-state index is 5.43. The molecule has 0 unspecified atom stereocenters. The molecule has 11 heavy (non-hydrogen) atoms. The minimum atomic E-state index is -1.07. The topological polar surface area (TPSA) is 52.0 Å². The standard InChI is InChI=1S/C6H18N2S2Si/c1-11(2,9-5-3-7)10-6-4-8/h3-8H2,1-2H3. The Hall–Kier alpha value is 0.837. The van der Waals surface area contributed by atoms with Crippen molar-refractivity contribution < 1.29 is 0 Å². The number of hydrogen-bond acceptors (Lipinski definition) is 4. The Morgan fingerprint density at radius 3 is 1.64 bits per heavy atom. The van der Waals surface area contributed by atoms with Crippen LogP contribution >= 0.6 is 22.4 Å². The van der Waals surface area contributed by atoms with Gasteiger partial charge in [-0.05, 0) is 0 Å². The molecular weight excluding hydrogens is 192 g/mol. The number of rotatable bonds is 6. The Morgan fingerprint density at radius 2 is 1.36 bits per heavy atom. The summed E-state index contributed by atoms with van der Waals surface area (Å²) in [6, 6.07) is 0. The average Bonchev–Trinajstić information content (AvgIpc) is 1.97. The van der Waals surface area contributed by atoms with Gasteiger partial charge in [0.05, 0.1) is 0 Å². The third kappa shape index (κ3) is 7.21. The van der Waals surface area contributed by atoms with Gasteiger partial charge >= 0.3 is 0 Å². The van der Waals surface area contributed by atoms with Gasteiger partial charge in [-0.2, -0.15) is 22.4 Å². The maximum absolute atomic E-state index is 5.43. The first-order chi connectivity index (χ1) is 5.12. The summed E-state index contributed by atoms with van der Waals surface area (Å²) in [7, 11) is 0. The van der Waals surface area contributed by atoms with Crippen molar-refractivity contribution in [3.63, 3.8) is 0 Å². The summed E-state index contributed by atoms with van der Waals surface area (Å²) < 4.78 is 0. The molecule has 68 valence electrons. The van der Waals surface area contributed by atoms with Crippen LogP contribution in [0.3, 0.4) is 0 Å². The first kappa shape index (κ1) is 11.8. The van der Waals surface area contributed by atoms with E-state index in [1.54, 1.807) is 0 Å². The second-order valence-corrected chi connectivity index (χ2v) is 15.5. The minimum Gasteiger partial charge on any atom is -0.330 e. The summed E-state index contributed by atoms with van der Waals surface area (Å²) in [5.74, 6) is 2.19. The van der Waals surface area contributed by atoms with Crippen LogP contribution in [0.25, 0.3) is 0 Å². The quantitative estimate of drug-likeness (QED) is 0.644. The molecule has 0 saturated carbocycles. The van der Waals surface area contributed by atoms with Crippen molar-refractivity contribution in [2.24, 2.45) is 11.5 Å².